The number of benzene rings is 2. The second kappa shape index (κ2) is 12.8. The Morgan fingerprint density at radius 3 is 2.09 bits per heavy atom. The fraction of sp³-hybridized carbons (Fsp3) is 0.464. The first-order valence-corrected chi connectivity index (χ1v) is 13.8. The first-order chi connectivity index (χ1) is 21.3. The molecule has 1 aromatic heterocycles. The SMILES string of the molecule is CC[C@@H]1C[C@H](N(Cc2cc(C(F)(F)F)cc(C(F)(F)F)c2)c2nnn(C)n2)c2cc(OC(F)(F)F)ccc2N1C(=O)CCC(C)=O. The molecular weight excluding hydrogens is 639 g/mol. The van der Waals surface area contributed by atoms with Crippen molar-refractivity contribution in [3.8, 4) is 5.75 Å². The Bertz CT molecular complexity index is 1550. The van der Waals surface area contributed by atoms with E-state index in [4.69, 9.17) is 0 Å². The lowest BCUT2D eigenvalue weighted by atomic mass is 9.87. The number of anilines is 2. The number of ketones is 1. The highest BCUT2D eigenvalue weighted by Gasteiger charge is 2.41. The molecule has 0 spiro atoms. The van der Waals surface area contributed by atoms with Crippen LogP contribution in [0.1, 0.15) is 67.8 Å². The van der Waals surface area contributed by atoms with Gasteiger partial charge in [-0.3, -0.25) is 4.79 Å². The van der Waals surface area contributed by atoms with E-state index in [9.17, 15) is 49.1 Å². The van der Waals surface area contributed by atoms with Crippen molar-refractivity contribution in [2.45, 2.75) is 76.9 Å². The summed E-state index contributed by atoms with van der Waals surface area (Å²) in [6, 6.07) is 2.44. The van der Waals surface area contributed by atoms with Crippen molar-refractivity contribution >= 4 is 23.3 Å². The van der Waals surface area contributed by atoms with E-state index in [2.05, 4.69) is 20.1 Å². The van der Waals surface area contributed by atoms with Crippen LogP contribution in [0.25, 0.3) is 0 Å². The number of Topliss-reactive ketones (excluding diaryl/α,β-unsaturated/α-hetero) is 1. The van der Waals surface area contributed by atoms with Gasteiger partial charge in [-0.15, -0.1) is 18.3 Å². The maximum atomic E-state index is 13.7. The van der Waals surface area contributed by atoms with Crippen LogP contribution in [0.5, 0.6) is 5.75 Å². The predicted octanol–water partition coefficient (Wildman–Crippen LogP) is 6.78. The number of carbonyl (C=O) groups is 2. The van der Waals surface area contributed by atoms with Gasteiger partial charge in [-0.2, -0.15) is 31.1 Å². The van der Waals surface area contributed by atoms with E-state index in [0.29, 0.717) is 12.1 Å². The molecule has 250 valence electrons. The molecule has 9 nitrogen and oxygen atoms in total. The fourth-order valence-corrected chi connectivity index (χ4v) is 5.31. The van der Waals surface area contributed by atoms with Crippen molar-refractivity contribution in [3.05, 3.63) is 58.7 Å². The Labute approximate surface area is 255 Å². The van der Waals surface area contributed by atoms with Gasteiger partial charge in [0.15, 0.2) is 0 Å². The van der Waals surface area contributed by atoms with E-state index in [1.54, 1.807) is 6.92 Å². The molecule has 3 aromatic rings. The summed E-state index contributed by atoms with van der Waals surface area (Å²) in [5.74, 6) is -1.72. The van der Waals surface area contributed by atoms with Crippen LogP contribution in [-0.2, 0) is 35.5 Å². The zero-order valence-electron chi connectivity index (χ0n) is 24.5. The van der Waals surface area contributed by atoms with E-state index in [-0.39, 0.29) is 54.7 Å². The summed E-state index contributed by atoms with van der Waals surface area (Å²) in [7, 11) is 1.36. The fourth-order valence-electron chi connectivity index (χ4n) is 5.31. The first kappa shape index (κ1) is 34.5. The molecule has 2 heterocycles. The summed E-state index contributed by atoms with van der Waals surface area (Å²) >= 11 is 0. The minimum absolute atomic E-state index is 0.0251. The van der Waals surface area contributed by atoms with Crippen LogP contribution >= 0.6 is 0 Å². The first-order valence-electron chi connectivity index (χ1n) is 13.8. The Kier molecular flexibility index (Phi) is 9.59. The van der Waals surface area contributed by atoms with Gasteiger partial charge in [-0.25, -0.2) is 0 Å². The molecule has 0 saturated carbocycles. The number of hydrogen-bond donors (Lipinski definition) is 0. The molecule has 2 atom stereocenters. The molecule has 1 aliphatic heterocycles. The summed E-state index contributed by atoms with van der Waals surface area (Å²) < 4.78 is 126. The smallest absolute Gasteiger partial charge is 0.406 e. The summed E-state index contributed by atoms with van der Waals surface area (Å²) in [5.41, 5.74) is -3.45. The Morgan fingerprint density at radius 1 is 0.957 bits per heavy atom. The van der Waals surface area contributed by atoms with Gasteiger partial charge in [0.2, 0.25) is 5.91 Å². The highest BCUT2D eigenvalue weighted by Crippen LogP contribution is 2.46. The second-order valence-corrected chi connectivity index (χ2v) is 10.7. The van der Waals surface area contributed by atoms with Crippen molar-refractivity contribution in [1.82, 2.24) is 20.2 Å². The van der Waals surface area contributed by atoms with Crippen molar-refractivity contribution in [1.29, 1.82) is 0 Å². The molecule has 0 aliphatic carbocycles. The molecule has 0 N–H and O–H groups in total. The van der Waals surface area contributed by atoms with Gasteiger partial charge in [-0.1, -0.05) is 12.0 Å². The lowest BCUT2D eigenvalue weighted by Gasteiger charge is -2.44. The van der Waals surface area contributed by atoms with Crippen LogP contribution in [0.2, 0.25) is 0 Å². The number of nitrogens with zero attached hydrogens (tertiary/aromatic N) is 6. The zero-order chi connectivity index (χ0) is 34.2. The molecule has 1 aliphatic rings. The van der Waals surface area contributed by atoms with Gasteiger partial charge in [0.25, 0.3) is 5.95 Å². The minimum Gasteiger partial charge on any atom is -0.406 e. The van der Waals surface area contributed by atoms with Crippen LogP contribution in [0, 0.1) is 0 Å². The maximum Gasteiger partial charge on any atom is 0.573 e. The Morgan fingerprint density at radius 2 is 1.59 bits per heavy atom. The largest absolute Gasteiger partial charge is 0.573 e. The van der Waals surface area contributed by atoms with Gasteiger partial charge < -0.3 is 19.3 Å². The van der Waals surface area contributed by atoms with Gasteiger partial charge in [0.1, 0.15) is 11.5 Å². The summed E-state index contributed by atoms with van der Waals surface area (Å²) in [6.07, 6.45) is -15.5. The van der Waals surface area contributed by atoms with Crippen LogP contribution in [0.15, 0.2) is 36.4 Å². The number of halogens is 9. The molecule has 18 heteroatoms. The molecule has 4 rings (SSSR count). The van der Waals surface area contributed by atoms with Gasteiger partial charge in [0, 0.05) is 36.7 Å². The van der Waals surface area contributed by atoms with Crippen molar-refractivity contribution in [3.63, 3.8) is 0 Å². The number of ether oxygens (including phenoxy) is 1. The van der Waals surface area contributed by atoms with Crippen molar-refractivity contribution in [2.75, 3.05) is 9.80 Å². The molecule has 0 radical (unpaired) electrons. The standard InChI is InChI=1S/C28H27F9N6O3/c1-4-19-12-23(21-13-20(46-28(35,36)37)6-7-22(21)43(19)24(45)8-5-15(2)44)42(25-38-40-41(3)39-25)14-16-9-17(26(29,30)31)11-18(10-16)27(32,33)34/h6-7,9-11,13,19,23H,4-5,8,12,14H2,1-3H3/t19-,23+/m1/s1. The number of rotatable bonds is 9. The van der Waals surface area contributed by atoms with E-state index in [1.165, 1.54) is 29.8 Å². The number of tetrazole rings is 1. The minimum atomic E-state index is -5.14. The topological polar surface area (TPSA) is 93.5 Å². The maximum absolute atomic E-state index is 13.7. The third kappa shape index (κ3) is 8.06. The molecule has 1 amide bonds. The number of aryl methyl sites for hydroxylation is 1. The third-order valence-electron chi connectivity index (χ3n) is 7.27. The number of amides is 1. The average Bonchev–Trinajstić information content (AvgIpc) is 3.37. The monoisotopic (exact) mass is 666 g/mol. The Balaban J connectivity index is 1.91. The number of alkyl halides is 9. The highest BCUT2D eigenvalue weighted by atomic mass is 19.4. The van der Waals surface area contributed by atoms with Crippen LogP contribution < -0.4 is 14.5 Å². The lowest BCUT2D eigenvalue weighted by Crippen LogP contribution is -2.47. The van der Waals surface area contributed by atoms with E-state index in [1.807, 2.05) is 0 Å². The van der Waals surface area contributed by atoms with E-state index >= 15 is 0 Å². The van der Waals surface area contributed by atoms with Crippen molar-refractivity contribution in [2.24, 2.45) is 7.05 Å². The van der Waals surface area contributed by atoms with Crippen LogP contribution in [0.4, 0.5) is 51.1 Å². The second-order valence-electron chi connectivity index (χ2n) is 10.7. The van der Waals surface area contributed by atoms with Crippen LogP contribution in [-0.4, -0.2) is 44.3 Å². The number of carbonyl (C=O) groups excluding carboxylic acids is 2. The van der Waals surface area contributed by atoms with Gasteiger partial charge >= 0.3 is 18.7 Å². The van der Waals surface area contributed by atoms with E-state index in [0.717, 1.165) is 16.9 Å². The molecule has 0 fully saturated rings. The normalized spacial score (nSPS) is 17.1. The number of hydrogen-bond acceptors (Lipinski definition) is 7. The lowest BCUT2D eigenvalue weighted by molar-refractivity contribution is -0.274. The average molecular weight is 667 g/mol. The summed E-state index contributed by atoms with van der Waals surface area (Å²) in [5, 5.41) is 11.7. The highest BCUT2D eigenvalue weighted by molar-refractivity contribution is 5.97. The summed E-state index contributed by atoms with van der Waals surface area (Å²) in [4.78, 5) is 28.5. The zero-order valence-corrected chi connectivity index (χ0v) is 24.5. The molecule has 0 unspecified atom stereocenters. The molecule has 0 saturated heterocycles. The van der Waals surface area contributed by atoms with E-state index < -0.39 is 65.7 Å². The van der Waals surface area contributed by atoms with Crippen molar-refractivity contribution < 1.29 is 53.8 Å². The number of fused-ring (bicyclic) bond motifs is 1. The Hall–Kier alpha value is -4.38. The third-order valence-corrected chi connectivity index (χ3v) is 7.27. The molecular formula is C28H27F9N6O3. The van der Waals surface area contributed by atoms with Crippen LogP contribution in [0.3, 0.4) is 0 Å². The quantitative estimate of drug-likeness (QED) is 0.233. The molecule has 0 bridgehead atoms. The van der Waals surface area contributed by atoms with Gasteiger partial charge in [0.05, 0.1) is 24.2 Å². The summed E-state index contributed by atoms with van der Waals surface area (Å²) in [6.45, 7) is 2.34. The molecule has 46 heavy (non-hydrogen) atoms. The van der Waals surface area contributed by atoms with Gasteiger partial charge in [-0.05, 0) is 66.9 Å². The molecule has 2 aromatic carbocycles. The number of aromatic nitrogens is 4. The predicted molar refractivity (Wildman–Crippen MR) is 143 cm³/mol.